The summed E-state index contributed by atoms with van der Waals surface area (Å²) in [4.78, 5) is 24.2. The number of ether oxygens (including phenoxy) is 1. The van der Waals surface area contributed by atoms with Gasteiger partial charge in [-0.25, -0.2) is 9.18 Å². The molecule has 0 saturated heterocycles. The molecule has 1 heterocycles. The molecule has 0 atom stereocenters. The second-order valence-corrected chi connectivity index (χ2v) is 8.34. The van der Waals surface area contributed by atoms with Crippen molar-refractivity contribution in [1.82, 2.24) is 0 Å². The molecule has 6 heteroatoms. The molecule has 0 aliphatic carbocycles. The molecule has 0 radical (unpaired) electrons. The summed E-state index contributed by atoms with van der Waals surface area (Å²) in [5, 5.41) is 0.630. The van der Waals surface area contributed by atoms with Gasteiger partial charge in [-0.2, -0.15) is 0 Å². The highest BCUT2D eigenvalue weighted by atomic mass is 32.2. The largest absolute Gasteiger partial charge is 0.465 e. The lowest BCUT2D eigenvalue weighted by Gasteiger charge is -2.20. The van der Waals surface area contributed by atoms with E-state index < -0.39 is 11.0 Å². The maximum Gasteiger partial charge on any atom is 0.337 e. The van der Waals surface area contributed by atoms with E-state index in [9.17, 15) is 14.0 Å². The number of carbonyl (C=O) groups is 1. The molecule has 1 aromatic heterocycles. The number of thioether (sulfide) groups is 1. The molecule has 148 valence electrons. The van der Waals surface area contributed by atoms with Crippen molar-refractivity contribution < 1.29 is 18.3 Å². The van der Waals surface area contributed by atoms with Gasteiger partial charge in [-0.15, -0.1) is 11.8 Å². The second kappa shape index (κ2) is 9.93. The van der Waals surface area contributed by atoms with E-state index in [2.05, 4.69) is 0 Å². The molecule has 0 aliphatic heterocycles. The zero-order chi connectivity index (χ0) is 19.9. The summed E-state index contributed by atoms with van der Waals surface area (Å²) in [7, 11) is 0. The molecule has 0 spiro atoms. The van der Waals surface area contributed by atoms with Crippen molar-refractivity contribution in [3.63, 3.8) is 0 Å². The number of benzene rings is 1. The van der Waals surface area contributed by atoms with Crippen LogP contribution in [0.3, 0.4) is 0 Å². The quantitative estimate of drug-likeness (QED) is 0.228. The van der Waals surface area contributed by atoms with Gasteiger partial charge in [-0.05, 0) is 57.1 Å². The number of carbonyl (C=O) groups excluding carboxylic acids is 1. The van der Waals surface area contributed by atoms with Crippen LogP contribution < -0.4 is 5.63 Å². The van der Waals surface area contributed by atoms with Gasteiger partial charge in [-0.1, -0.05) is 19.8 Å². The Morgan fingerprint density at radius 2 is 1.93 bits per heavy atom. The van der Waals surface area contributed by atoms with E-state index in [1.165, 1.54) is 36.0 Å². The average molecular weight is 395 g/mol. The Morgan fingerprint density at radius 1 is 1.19 bits per heavy atom. The first kappa shape index (κ1) is 21.5. The minimum Gasteiger partial charge on any atom is -0.465 e. The number of esters is 1. The molecule has 0 amide bonds. The third-order valence-electron chi connectivity index (χ3n) is 4.63. The number of hydrogen-bond acceptors (Lipinski definition) is 5. The predicted octanol–water partition coefficient (Wildman–Crippen LogP) is 5.56. The van der Waals surface area contributed by atoms with Crippen molar-refractivity contribution in [2.24, 2.45) is 5.41 Å². The molecule has 0 N–H and O–H groups in total. The summed E-state index contributed by atoms with van der Waals surface area (Å²) in [5.74, 6) is 0.346. The van der Waals surface area contributed by atoms with Crippen LogP contribution in [0.25, 0.3) is 11.0 Å². The highest BCUT2D eigenvalue weighted by Crippen LogP contribution is 2.28. The molecule has 0 unspecified atom stereocenters. The first-order valence-electron chi connectivity index (χ1n) is 9.37. The van der Waals surface area contributed by atoms with Crippen molar-refractivity contribution in [3.05, 3.63) is 40.5 Å². The first-order chi connectivity index (χ1) is 12.8. The van der Waals surface area contributed by atoms with Crippen LogP contribution in [0.2, 0.25) is 0 Å². The van der Waals surface area contributed by atoms with Crippen LogP contribution in [0, 0.1) is 11.2 Å². The van der Waals surface area contributed by atoms with Gasteiger partial charge < -0.3 is 9.15 Å². The van der Waals surface area contributed by atoms with Crippen molar-refractivity contribution in [1.29, 1.82) is 0 Å². The standard InChI is InChI=1S/C21H27FO4S/c1-4-21(2,3)20(24)25-11-7-5-6-8-12-27-18-14-19(23)26-17-10-9-15(22)13-16(17)18/h9-10,13-14H,4-8,11-12H2,1-3H3. The van der Waals surface area contributed by atoms with Crippen molar-refractivity contribution in [3.8, 4) is 0 Å². The van der Waals surface area contributed by atoms with Crippen LogP contribution in [0.1, 0.15) is 52.9 Å². The van der Waals surface area contributed by atoms with Crippen LogP contribution in [-0.4, -0.2) is 18.3 Å². The molecule has 0 aliphatic rings. The van der Waals surface area contributed by atoms with E-state index in [0.717, 1.165) is 42.8 Å². The summed E-state index contributed by atoms with van der Waals surface area (Å²) in [6, 6.07) is 5.58. The van der Waals surface area contributed by atoms with Crippen LogP contribution in [0.5, 0.6) is 0 Å². The Hall–Kier alpha value is -1.82. The molecular formula is C21H27FO4S. The van der Waals surface area contributed by atoms with Crippen LogP contribution in [0.4, 0.5) is 4.39 Å². The Labute approximate surface area is 163 Å². The molecular weight excluding hydrogens is 367 g/mol. The molecule has 0 fully saturated rings. The topological polar surface area (TPSA) is 56.5 Å². The number of hydrogen-bond donors (Lipinski definition) is 0. The first-order valence-corrected chi connectivity index (χ1v) is 10.4. The zero-order valence-electron chi connectivity index (χ0n) is 16.2. The molecule has 4 nitrogen and oxygen atoms in total. The molecule has 0 bridgehead atoms. The van der Waals surface area contributed by atoms with E-state index >= 15 is 0 Å². The normalized spacial score (nSPS) is 11.7. The maximum absolute atomic E-state index is 13.5. The lowest BCUT2D eigenvalue weighted by molar-refractivity contribution is -0.154. The van der Waals surface area contributed by atoms with Gasteiger partial charge >= 0.3 is 11.6 Å². The summed E-state index contributed by atoms with van der Waals surface area (Å²) < 4.78 is 23.9. The highest BCUT2D eigenvalue weighted by molar-refractivity contribution is 7.99. The Kier molecular flexibility index (Phi) is 7.90. The number of rotatable bonds is 10. The third-order valence-corrected chi connectivity index (χ3v) is 5.77. The van der Waals surface area contributed by atoms with Gasteiger partial charge in [0.15, 0.2) is 0 Å². The van der Waals surface area contributed by atoms with Gasteiger partial charge in [0.25, 0.3) is 0 Å². The Morgan fingerprint density at radius 3 is 2.67 bits per heavy atom. The van der Waals surface area contributed by atoms with Crippen molar-refractivity contribution in [2.75, 3.05) is 12.4 Å². The maximum atomic E-state index is 13.5. The minimum atomic E-state index is -0.423. The lowest BCUT2D eigenvalue weighted by atomic mass is 9.91. The smallest absolute Gasteiger partial charge is 0.337 e. The van der Waals surface area contributed by atoms with Gasteiger partial charge in [0.2, 0.25) is 0 Å². The van der Waals surface area contributed by atoms with E-state index in [-0.39, 0.29) is 11.8 Å². The SMILES string of the molecule is CCC(C)(C)C(=O)OCCCCCCSc1cc(=O)oc2ccc(F)cc12. The van der Waals surface area contributed by atoms with Gasteiger partial charge in [0.1, 0.15) is 11.4 Å². The fourth-order valence-electron chi connectivity index (χ4n) is 2.47. The number of unbranched alkanes of at least 4 members (excludes halogenated alkanes) is 3. The summed E-state index contributed by atoms with van der Waals surface area (Å²) in [5.41, 5.74) is -0.432. The molecule has 0 saturated carbocycles. The van der Waals surface area contributed by atoms with Crippen LogP contribution in [-0.2, 0) is 9.53 Å². The van der Waals surface area contributed by atoms with E-state index in [4.69, 9.17) is 9.15 Å². The molecule has 2 rings (SSSR count). The minimum absolute atomic E-state index is 0.137. The third kappa shape index (κ3) is 6.38. The fourth-order valence-corrected chi connectivity index (χ4v) is 3.53. The second-order valence-electron chi connectivity index (χ2n) is 7.21. The van der Waals surface area contributed by atoms with Crippen molar-refractivity contribution in [2.45, 2.75) is 57.8 Å². The monoisotopic (exact) mass is 394 g/mol. The summed E-state index contributed by atoms with van der Waals surface area (Å²) in [6.45, 7) is 6.23. The number of halogens is 1. The summed E-state index contributed by atoms with van der Waals surface area (Å²) >= 11 is 1.54. The zero-order valence-corrected chi connectivity index (χ0v) is 17.0. The Bertz CT molecular complexity index is 829. The number of fused-ring (bicyclic) bond motifs is 1. The Balaban J connectivity index is 1.71. The highest BCUT2D eigenvalue weighted by Gasteiger charge is 2.26. The molecule has 2 aromatic rings. The van der Waals surface area contributed by atoms with Gasteiger partial charge in [-0.3, -0.25) is 4.79 Å². The molecule has 1 aromatic carbocycles. The van der Waals surface area contributed by atoms with Gasteiger partial charge in [0, 0.05) is 16.3 Å². The lowest BCUT2D eigenvalue weighted by Crippen LogP contribution is -2.26. The van der Waals surface area contributed by atoms with E-state index in [0.29, 0.717) is 17.6 Å². The van der Waals surface area contributed by atoms with Crippen LogP contribution in [0.15, 0.2) is 38.4 Å². The predicted molar refractivity (Wildman–Crippen MR) is 107 cm³/mol. The van der Waals surface area contributed by atoms with E-state index in [1.54, 1.807) is 0 Å². The summed E-state index contributed by atoms with van der Waals surface area (Å²) in [6.07, 6.45) is 4.57. The average Bonchev–Trinajstić information content (AvgIpc) is 2.63. The van der Waals surface area contributed by atoms with Gasteiger partial charge in [0.05, 0.1) is 12.0 Å². The van der Waals surface area contributed by atoms with E-state index in [1.807, 2.05) is 20.8 Å². The molecule has 27 heavy (non-hydrogen) atoms. The fraction of sp³-hybridized carbons (Fsp3) is 0.524. The van der Waals surface area contributed by atoms with Crippen LogP contribution >= 0.6 is 11.8 Å². The van der Waals surface area contributed by atoms with Crippen molar-refractivity contribution >= 4 is 28.7 Å².